The van der Waals surface area contributed by atoms with E-state index in [1.807, 2.05) is 24.3 Å². The third-order valence-corrected chi connectivity index (χ3v) is 3.36. The number of ether oxygens (including phenoxy) is 1. The summed E-state index contributed by atoms with van der Waals surface area (Å²) in [6.07, 6.45) is 1.01. The van der Waals surface area contributed by atoms with E-state index in [0.717, 1.165) is 24.1 Å². The predicted octanol–water partition coefficient (Wildman–Crippen LogP) is 3.89. The Labute approximate surface area is 89.3 Å². The lowest BCUT2D eigenvalue weighted by Gasteiger charge is -2.05. The fraction of sp³-hybridized carbons (Fsp3) is 0.333. The Morgan fingerprint density at radius 1 is 1.23 bits per heavy atom. The molecule has 72 valence electrons. The highest BCUT2D eigenvalue weighted by Gasteiger charge is 2.02. The molecule has 0 aromatic heterocycles. The molecular weight excluding hydrogens is 226 g/mol. The van der Waals surface area contributed by atoms with Gasteiger partial charge in [-0.05, 0) is 30.7 Å². The molecule has 1 aromatic carbocycles. The summed E-state index contributed by atoms with van der Waals surface area (Å²) in [5, 5.41) is 0.960. The van der Waals surface area contributed by atoms with Crippen molar-refractivity contribution in [3.63, 3.8) is 0 Å². The van der Waals surface area contributed by atoms with Crippen molar-refractivity contribution in [3.8, 4) is 5.75 Å². The highest BCUT2D eigenvalue weighted by molar-refractivity contribution is 8.08. The van der Waals surface area contributed by atoms with Crippen LogP contribution in [0.5, 0.6) is 5.75 Å². The van der Waals surface area contributed by atoms with E-state index in [-0.39, 0.29) is 0 Å². The van der Waals surface area contributed by atoms with Crippen molar-refractivity contribution in [3.05, 3.63) is 24.3 Å². The van der Waals surface area contributed by atoms with Crippen molar-refractivity contribution in [2.24, 2.45) is 0 Å². The Kier molecular flexibility index (Phi) is 4.87. The van der Waals surface area contributed by atoms with Gasteiger partial charge in [0.15, 0.2) is 0 Å². The summed E-state index contributed by atoms with van der Waals surface area (Å²) in [5.74, 6) is 0.871. The van der Waals surface area contributed by atoms with Crippen LogP contribution in [0, 0.1) is 0 Å². The van der Waals surface area contributed by atoms with Gasteiger partial charge < -0.3 is 4.74 Å². The second-order valence-electron chi connectivity index (χ2n) is 2.58. The maximum Gasteiger partial charge on any atom is 0.119 e. The predicted molar refractivity (Wildman–Crippen MR) is 60.5 cm³/mol. The van der Waals surface area contributed by atoms with E-state index < -0.39 is 6.63 Å². The normalized spacial score (nSPS) is 10.5. The molecule has 0 amide bonds. The lowest BCUT2D eigenvalue weighted by atomic mass is 10.3. The van der Waals surface area contributed by atoms with Crippen molar-refractivity contribution in [2.45, 2.75) is 13.3 Å². The summed E-state index contributed by atoms with van der Waals surface area (Å²) in [6, 6.07) is 7.59. The third kappa shape index (κ3) is 3.72. The summed E-state index contributed by atoms with van der Waals surface area (Å²) in [5.41, 5.74) is 0. The van der Waals surface area contributed by atoms with Gasteiger partial charge in [0.25, 0.3) is 0 Å². The molecule has 0 atom stereocenters. The van der Waals surface area contributed by atoms with Gasteiger partial charge in [-0.1, -0.05) is 29.4 Å². The van der Waals surface area contributed by atoms with Crippen molar-refractivity contribution in [2.75, 3.05) is 6.61 Å². The quantitative estimate of drug-likeness (QED) is 0.721. The van der Waals surface area contributed by atoms with Crippen LogP contribution >= 0.6 is 29.1 Å². The largest absolute Gasteiger partial charge is 0.494 e. The first kappa shape index (κ1) is 11.1. The first-order valence-corrected chi connectivity index (χ1v) is 7.23. The van der Waals surface area contributed by atoms with Crippen LogP contribution in [0.1, 0.15) is 13.3 Å². The number of hydrogen-bond acceptors (Lipinski definition) is 1. The summed E-state index contributed by atoms with van der Waals surface area (Å²) in [4.78, 5) is 0. The lowest BCUT2D eigenvalue weighted by Crippen LogP contribution is -1.97. The van der Waals surface area contributed by atoms with E-state index in [9.17, 15) is 0 Å². The van der Waals surface area contributed by atoms with Gasteiger partial charge in [-0.3, -0.25) is 0 Å². The van der Waals surface area contributed by atoms with Crippen LogP contribution in [0.15, 0.2) is 24.3 Å². The maximum atomic E-state index is 5.75. The Balaban J connectivity index is 2.59. The SMILES string of the molecule is CCCOc1ccc(P(Cl)Cl)cc1. The van der Waals surface area contributed by atoms with Crippen LogP contribution in [-0.2, 0) is 0 Å². The Morgan fingerprint density at radius 3 is 2.31 bits per heavy atom. The molecule has 1 rings (SSSR count). The smallest absolute Gasteiger partial charge is 0.119 e. The molecule has 0 radical (unpaired) electrons. The van der Waals surface area contributed by atoms with Gasteiger partial charge in [0.05, 0.1) is 6.61 Å². The number of rotatable bonds is 4. The van der Waals surface area contributed by atoms with Gasteiger partial charge in [0.2, 0.25) is 0 Å². The molecule has 0 aliphatic heterocycles. The fourth-order valence-corrected chi connectivity index (χ4v) is 1.93. The summed E-state index contributed by atoms with van der Waals surface area (Å²) in [6.45, 7) is 1.79. The van der Waals surface area contributed by atoms with Crippen LogP contribution in [0.3, 0.4) is 0 Å². The van der Waals surface area contributed by atoms with Crippen molar-refractivity contribution in [1.29, 1.82) is 0 Å². The van der Waals surface area contributed by atoms with E-state index >= 15 is 0 Å². The number of halogens is 2. The van der Waals surface area contributed by atoms with Crippen LogP contribution < -0.4 is 10.0 Å². The molecule has 0 aliphatic carbocycles. The van der Waals surface area contributed by atoms with Crippen LogP contribution in [0.25, 0.3) is 0 Å². The molecule has 0 saturated carbocycles. The fourth-order valence-electron chi connectivity index (χ4n) is 0.875. The molecule has 13 heavy (non-hydrogen) atoms. The zero-order valence-electron chi connectivity index (χ0n) is 7.34. The zero-order chi connectivity index (χ0) is 9.68. The molecule has 1 nitrogen and oxygen atoms in total. The Morgan fingerprint density at radius 2 is 1.85 bits per heavy atom. The molecule has 0 spiro atoms. The molecule has 0 saturated heterocycles. The minimum atomic E-state index is -1.03. The summed E-state index contributed by atoms with van der Waals surface area (Å²) < 4.78 is 5.41. The summed E-state index contributed by atoms with van der Waals surface area (Å²) in [7, 11) is 0. The van der Waals surface area contributed by atoms with E-state index in [4.69, 9.17) is 27.2 Å². The summed E-state index contributed by atoms with van der Waals surface area (Å²) >= 11 is 11.5. The van der Waals surface area contributed by atoms with Crippen molar-refractivity contribution >= 4 is 34.4 Å². The van der Waals surface area contributed by atoms with Gasteiger partial charge in [0, 0.05) is 5.30 Å². The average molecular weight is 237 g/mol. The molecule has 0 unspecified atom stereocenters. The second-order valence-corrected chi connectivity index (χ2v) is 6.11. The maximum absolute atomic E-state index is 5.75. The van der Waals surface area contributed by atoms with E-state index in [2.05, 4.69) is 6.92 Å². The highest BCUT2D eigenvalue weighted by Crippen LogP contribution is 2.45. The van der Waals surface area contributed by atoms with Crippen LogP contribution in [0.2, 0.25) is 0 Å². The molecule has 0 heterocycles. The van der Waals surface area contributed by atoms with Gasteiger partial charge in [-0.15, -0.1) is 0 Å². The third-order valence-electron chi connectivity index (χ3n) is 1.50. The lowest BCUT2D eigenvalue weighted by molar-refractivity contribution is 0.317. The highest BCUT2D eigenvalue weighted by atomic mass is 35.9. The van der Waals surface area contributed by atoms with Crippen LogP contribution in [-0.4, -0.2) is 6.61 Å². The molecule has 0 fully saturated rings. The molecule has 1 aromatic rings. The number of benzene rings is 1. The van der Waals surface area contributed by atoms with Gasteiger partial charge in [-0.25, -0.2) is 0 Å². The Hall–Kier alpha value is 0.0300. The van der Waals surface area contributed by atoms with Gasteiger partial charge in [0.1, 0.15) is 12.4 Å². The molecule has 4 heteroatoms. The minimum Gasteiger partial charge on any atom is -0.494 e. The van der Waals surface area contributed by atoms with Crippen molar-refractivity contribution < 1.29 is 4.74 Å². The topological polar surface area (TPSA) is 9.23 Å². The van der Waals surface area contributed by atoms with E-state index in [0.29, 0.717) is 0 Å². The molecule has 0 aliphatic rings. The zero-order valence-corrected chi connectivity index (χ0v) is 9.74. The van der Waals surface area contributed by atoms with Gasteiger partial charge >= 0.3 is 0 Å². The Bertz CT molecular complexity index is 248. The second kappa shape index (κ2) is 5.70. The minimum absolute atomic E-state index is 0.746. The first-order valence-electron chi connectivity index (χ1n) is 4.08. The van der Waals surface area contributed by atoms with E-state index in [1.54, 1.807) is 0 Å². The standard InChI is InChI=1S/C9H11Cl2OP/c1-2-7-12-8-3-5-9(6-4-8)13(10)11/h3-6H,2,7H2,1H3. The van der Waals surface area contributed by atoms with Gasteiger partial charge in [-0.2, -0.15) is 0 Å². The van der Waals surface area contributed by atoms with Crippen molar-refractivity contribution in [1.82, 2.24) is 0 Å². The first-order chi connectivity index (χ1) is 6.24. The van der Waals surface area contributed by atoms with E-state index in [1.165, 1.54) is 0 Å². The molecule has 0 bridgehead atoms. The monoisotopic (exact) mass is 236 g/mol. The number of hydrogen-bond donors (Lipinski definition) is 0. The molecular formula is C9H11Cl2OP. The average Bonchev–Trinajstić information content (AvgIpc) is 2.15. The molecule has 0 N–H and O–H groups in total. The van der Waals surface area contributed by atoms with Crippen LogP contribution in [0.4, 0.5) is 0 Å².